The van der Waals surface area contributed by atoms with Gasteiger partial charge in [-0.25, -0.2) is 4.39 Å². The maximum Gasteiger partial charge on any atom is 0.255 e. The van der Waals surface area contributed by atoms with Crippen LogP contribution in [0, 0.1) is 12.7 Å². The molecule has 20 heavy (non-hydrogen) atoms. The van der Waals surface area contributed by atoms with Gasteiger partial charge in [0.1, 0.15) is 12.1 Å². The molecule has 0 atom stereocenters. The molecule has 5 nitrogen and oxygen atoms in total. The van der Waals surface area contributed by atoms with E-state index in [-0.39, 0.29) is 11.7 Å². The van der Waals surface area contributed by atoms with Crippen LogP contribution < -0.4 is 5.32 Å². The van der Waals surface area contributed by atoms with Crippen LogP contribution in [0.4, 0.5) is 10.1 Å². The second-order valence-corrected chi connectivity index (χ2v) is 4.43. The Kier molecular flexibility index (Phi) is 2.90. The lowest BCUT2D eigenvalue weighted by molar-refractivity contribution is 0.102. The van der Waals surface area contributed by atoms with Crippen LogP contribution in [-0.2, 0) is 0 Å². The van der Waals surface area contributed by atoms with E-state index in [1.807, 2.05) is 0 Å². The molecule has 6 heteroatoms. The van der Waals surface area contributed by atoms with Crippen molar-refractivity contribution >= 4 is 17.2 Å². The van der Waals surface area contributed by atoms with Crippen molar-refractivity contribution in [1.82, 2.24) is 14.6 Å². The number of amides is 1. The second kappa shape index (κ2) is 4.73. The summed E-state index contributed by atoms with van der Waals surface area (Å²) >= 11 is 0. The van der Waals surface area contributed by atoms with Gasteiger partial charge in [-0.05, 0) is 42.8 Å². The summed E-state index contributed by atoms with van der Waals surface area (Å²) in [6.07, 6.45) is 3.26. The van der Waals surface area contributed by atoms with Crippen molar-refractivity contribution in [2.75, 3.05) is 5.32 Å². The fourth-order valence-corrected chi connectivity index (χ4v) is 1.98. The van der Waals surface area contributed by atoms with E-state index in [4.69, 9.17) is 0 Å². The lowest BCUT2D eigenvalue weighted by Crippen LogP contribution is -2.13. The minimum atomic E-state index is -0.357. The molecule has 0 aliphatic carbocycles. The highest BCUT2D eigenvalue weighted by atomic mass is 19.1. The van der Waals surface area contributed by atoms with E-state index in [1.165, 1.54) is 18.2 Å². The molecule has 0 fully saturated rings. The molecule has 0 saturated carbocycles. The molecule has 0 radical (unpaired) electrons. The maximum atomic E-state index is 13.0. The Hall–Kier alpha value is -2.76. The number of nitrogens with one attached hydrogen (secondary N) is 1. The van der Waals surface area contributed by atoms with Crippen LogP contribution in [0.15, 0.2) is 42.9 Å². The van der Waals surface area contributed by atoms with E-state index >= 15 is 0 Å². The lowest BCUT2D eigenvalue weighted by atomic mass is 10.1. The molecule has 1 N–H and O–H groups in total. The summed E-state index contributed by atoms with van der Waals surface area (Å²) in [5.41, 5.74) is 2.34. The molecule has 0 saturated heterocycles. The molecule has 3 rings (SSSR count). The average Bonchev–Trinajstić information content (AvgIpc) is 2.85. The molecule has 2 heterocycles. The van der Waals surface area contributed by atoms with Crippen LogP contribution in [-0.4, -0.2) is 20.5 Å². The van der Waals surface area contributed by atoms with E-state index < -0.39 is 0 Å². The fraction of sp³-hybridized carbons (Fsp3) is 0.0714. The van der Waals surface area contributed by atoms with E-state index in [1.54, 1.807) is 36.0 Å². The fourth-order valence-electron chi connectivity index (χ4n) is 1.98. The van der Waals surface area contributed by atoms with Gasteiger partial charge in [-0.15, -0.1) is 10.2 Å². The number of halogens is 1. The molecule has 1 aromatic carbocycles. The zero-order chi connectivity index (χ0) is 14.1. The smallest absolute Gasteiger partial charge is 0.255 e. The molecule has 100 valence electrons. The largest absolute Gasteiger partial charge is 0.321 e. The average molecular weight is 270 g/mol. The highest BCUT2D eigenvalue weighted by Crippen LogP contribution is 2.14. The normalized spacial score (nSPS) is 10.7. The summed E-state index contributed by atoms with van der Waals surface area (Å²) < 4.78 is 14.7. The zero-order valence-electron chi connectivity index (χ0n) is 10.7. The Morgan fingerprint density at radius 1 is 1.30 bits per heavy atom. The third-order valence-electron chi connectivity index (χ3n) is 2.98. The number of anilines is 1. The van der Waals surface area contributed by atoms with Crippen molar-refractivity contribution in [3.05, 3.63) is 59.8 Å². The number of carbonyl (C=O) groups excluding carboxylic acids is 1. The van der Waals surface area contributed by atoms with Crippen LogP contribution in [0.25, 0.3) is 5.65 Å². The van der Waals surface area contributed by atoms with Gasteiger partial charge >= 0.3 is 0 Å². The first-order valence-corrected chi connectivity index (χ1v) is 6.00. The summed E-state index contributed by atoms with van der Waals surface area (Å²) in [5.74, 6) is -0.639. The van der Waals surface area contributed by atoms with E-state index in [0.717, 1.165) is 0 Å². The minimum absolute atomic E-state index is 0.282. The summed E-state index contributed by atoms with van der Waals surface area (Å²) in [6.45, 7) is 1.70. The Bertz CT molecular complexity index is 797. The van der Waals surface area contributed by atoms with Gasteiger partial charge in [-0.3, -0.25) is 9.20 Å². The van der Waals surface area contributed by atoms with Gasteiger partial charge < -0.3 is 5.32 Å². The van der Waals surface area contributed by atoms with Gasteiger partial charge in [-0.1, -0.05) is 0 Å². The topological polar surface area (TPSA) is 59.3 Å². The molecule has 0 bridgehead atoms. The third-order valence-corrected chi connectivity index (χ3v) is 2.98. The monoisotopic (exact) mass is 270 g/mol. The number of carbonyl (C=O) groups is 1. The Morgan fingerprint density at radius 3 is 2.95 bits per heavy atom. The first-order chi connectivity index (χ1) is 9.63. The number of fused-ring (bicyclic) bond motifs is 1. The van der Waals surface area contributed by atoms with Gasteiger partial charge in [0.2, 0.25) is 0 Å². The van der Waals surface area contributed by atoms with E-state index in [0.29, 0.717) is 22.5 Å². The van der Waals surface area contributed by atoms with E-state index in [2.05, 4.69) is 15.5 Å². The first kappa shape index (κ1) is 12.3. The molecule has 0 spiro atoms. The number of pyridine rings is 1. The van der Waals surface area contributed by atoms with Crippen molar-refractivity contribution in [3.8, 4) is 0 Å². The molecular formula is C14H11FN4O. The molecule has 0 aliphatic heterocycles. The van der Waals surface area contributed by atoms with Gasteiger partial charge in [0.15, 0.2) is 5.65 Å². The summed E-state index contributed by atoms with van der Waals surface area (Å²) in [5, 5.41) is 10.4. The second-order valence-electron chi connectivity index (χ2n) is 4.43. The zero-order valence-corrected chi connectivity index (χ0v) is 10.7. The van der Waals surface area contributed by atoms with Gasteiger partial charge in [0.05, 0.1) is 5.69 Å². The molecular weight excluding hydrogens is 259 g/mol. The first-order valence-electron chi connectivity index (χ1n) is 6.00. The molecule has 0 unspecified atom stereocenters. The number of rotatable bonds is 2. The van der Waals surface area contributed by atoms with Crippen LogP contribution in [0.1, 0.15) is 15.9 Å². The highest BCUT2D eigenvalue weighted by molar-refractivity contribution is 6.05. The number of benzene rings is 1. The third kappa shape index (κ3) is 2.23. The van der Waals surface area contributed by atoms with Crippen molar-refractivity contribution < 1.29 is 9.18 Å². The van der Waals surface area contributed by atoms with Crippen LogP contribution >= 0.6 is 0 Å². The Balaban J connectivity index is 1.87. The number of aryl methyl sites for hydroxylation is 1. The summed E-state index contributed by atoms with van der Waals surface area (Å²) in [6, 6.07) is 7.56. The minimum Gasteiger partial charge on any atom is -0.321 e. The number of aromatic nitrogens is 3. The summed E-state index contributed by atoms with van der Waals surface area (Å²) in [4.78, 5) is 12.1. The SMILES string of the molecule is Cc1cc(F)ccc1C(=O)Nc1ccc2nncn2c1. The van der Waals surface area contributed by atoms with Crippen molar-refractivity contribution in [2.45, 2.75) is 6.92 Å². The maximum absolute atomic E-state index is 13.0. The number of nitrogens with zero attached hydrogens (tertiary/aromatic N) is 3. The lowest BCUT2D eigenvalue weighted by Gasteiger charge is -2.08. The molecule has 3 aromatic rings. The predicted molar refractivity (Wildman–Crippen MR) is 72.1 cm³/mol. The van der Waals surface area contributed by atoms with Crippen LogP contribution in [0.5, 0.6) is 0 Å². The van der Waals surface area contributed by atoms with Crippen LogP contribution in [0.2, 0.25) is 0 Å². The predicted octanol–water partition coefficient (Wildman–Crippen LogP) is 2.43. The Labute approximate surface area is 114 Å². The van der Waals surface area contributed by atoms with Crippen LogP contribution in [0.3, 0.4) is 0 Å². The molecule has 1 amide bonds. The number of hydrogen-bond donors (Lipinski definition) is 1. The van der Waals surface area contributed by atoms with E-state index in [9.17, 15) is 9.18 Å². The van der Waals surface area contributed by atoms with Crippen molar-refractivity contribution in [2.24, 2.45) is 0 Å². The standard InChI is InChI=1S/C14H11FN4O/c1-9-6-10(15)2-4-12(9)14(20)17-11-3-5-13-18-16-8-19(13)7-11/h2-8H,1H3,(H,17,20). The van der Waals surface area contributed by atoms with Gasteiger partial charge in [-0.2, -0.15) is 0 Å². The van der Waals surface area contributed by atoms with Crippen molar-refractivity contribution in [1.29, 1.82) is 0 Å². The van der Waals surface area contributed by atoms with Gasteiger partial charge in [0.25, 0.3) is 5.91 Å². The Morgan fingerprint density at radius 2 is 2.15 bits per heavy atom. The number of hydrogen-bond acceptors (Lipinski definition) is 3. The molecule has 0 aliphatic rings. The van der Waals surface area contributed by atoms with Gasteiger partial charge in [0, 0.05) is 11.8 Å². The highest BCUT2D eigenvalue weighted by Gasteiger charge is 2.10. The quantitative estimate of drug-likeness (QED) is 0.778. The van der Waals surface area contributed by atoms with Crippen molar-refractivity contribution in [3.63, 3.8) is 0 Å². The summed E-state index contributed by atoms with van der Waals surface area (Å²) in [7, 11) is 0. The molecule has 2 aromatic heterocycles.